The lowest BCUT2D eigenvalue weighted by Gasteiger charge is -2.23. The summed E-state index contributed by atoms with van der Waals surface area (Å²) >= 11 is 0. The van der Waals surface area contributed by atoms with E-state index in [4.69, 9.17) is 4.74 Å². The Morgan fingerprint density at radius 3 is 2.48 bits per heavy atom. The lowest BCUT2D eigenvalue weighted by atomic mass is 9.91. The van der Waals surface area contributed by atoms with Gasteiger partial charge in [0.25, 0.3) is 0 Å². The summed E-state index contributed by atoms with van der Waals surface area (Å²) in [5, 5.41) is 3.47. The maximum atomic E-state index is 5.61. The Hall–Kier alpha value is -2.00. The van der Waals surface area contributed by atoms with E-state index in [2.05, 4.69) is 60.7 Å². The molecule has 3 nitrogen and oxygen atoms in total. The van der Waals surface area contributed by atoms with Gasteiger partial charge in [-0.2, -0.15) is 0 Å². The van der Waals surface area contributed by atoms with Gasteiger partial charge in [0.2, 0.25) is 0 Å². The van der Waals surface area contributed by atoms with Crippen LogP contribution in [0.25, 0.3) is 11.1 Å². The summed E-state index contributed by atoms with van der Waals surface area (Å²) in [6, 6.07) is 13.0. The molecule has 1 aliphatic rings. The van der Waals surface area contributed by atoms with Crippen molar-refractivity contribution in [1.29, 1.82) is 0 Å². The molecule has 0 amide bonds. The number of nitrogens with one attached hydrogen (secondary N) is 1. The lowest BCUT2D eigenvalue weighted by Crippen LogP contribution is -2.24. The molecule has 0 saturated carbocycles. The molecule has 3 rings (SSSR count). The summed E-state index contributed by atoms with van der Waals surface area (Å²) in [6.45, 7) is 1.97. The Morgan fingerprint density at radius 1 is 1.05 bits per heavy atom. The SMILES string of the molecule is COc1ccc2c(c1-c1ccc(N(C)C)cc1)CNCC2. The van der Waals surface area contributed by atoms with E-state index in [0.717, 1.165) is 25.3 Å². The van der Waals surface area contributed by atoms with Crippen LogP contribution in [0.5, 0.6) is 5.75 Å². The molecular weight excluding hydrogens is 260 g/mol. The molecule has 110 valence electrons. The van der Waals surface area contributed by atoms with Crippen LogP contribution < -0.4 is 15.0 Å². The van der Waals surface area contributed by atoms with E-state index in [-0.39, 0.29) is 0 Å². The first-order valence-electron chi connectivity index (χ1n) is 7.38. The molecule has 1 aliphatic heterocycles. The monoisotopic (exact) mass is 282 g/mol. The van der Waals surface area contributed by atoms with Crippen molar-refractivity contribution in [3.05, 3.63) is 47.5 Å². The van der Waals surface area contributed by atoms with Crippen LogP contribution in [-0.2, 0) is 13.0 Å². The molecule has 0 atom stereocenters. The molecule has 2 aromatic rings. The van der Waals surface area contributed by atoms with E-state index >= 15 is 0 Å². The van der Waals surface area contributed by atoms with E-state index in [1.165, 1.54) is 27.9 Å². The molecule has 3 heteroatoms. The quantitative estimate of drug-likeness (QED) is 0.936. The number of fused-ring (bicyclic) bond motifs is 1. The van der Waals surface area contributed by atoms with Gasteiger partial charge in [-0.05, 0) is 47.9 Å². The minimum atomic E-state index is 0.914. The Bertz CT molecular complexity index is 632. The maximum Gasteiger partial charge on any atom is 0.127 e. The summed E-state index contributed by atoms with van der Waals surface area (Å²) in [6.07, 6.45) is 1.09. The summed E-state index contributed by atoms with van der Waals surface area (Å²) in [5.74, 6) is 0.954. The topological polar surface area (TPSA) is 24.5 Å². The second-order valence-corrected chi connectivity index (χ2v) is 5.65. The Balaban J connectivity index is 2.11. The van der Waals surface area contributed by atoms with Crippen molar-refractivity contribution < 1.29 is 4.74 Å². The number of nitrogens with zero attached hydrogens (tertiary/aromatic N) is 1. The van der Waals surface area contributed by atoms with Crippen molar-refractivity contribution in [3.63, 3.8) is 0 Å². The molecule has 0 saturated heterocycles. The van der Waals surface area contributed by atoms with Gasteiger partial charge in [-0.15, -0.1) is 0 Å². The van der Waals surface area contributed by atoms with Crippen molar-refractivity contribution in [3.8, 4) is 16.9 Å². The second kappa shape index (κ2) is 5.78. The minimum Gasteiger partial charge on any atom is -0.496 e. The number of benzene rings is 2. The highest BCUT2D eigenvalue weighted by atomic mass is 16.5. The zero-order valence-electron chi connectivity index (χ0n) is 12.9. The first-order valence-corrected chi connectivity index (χ1v) is 7.38. The molecule has 0 bridgehead atoms. The summed E-state index contributed by atoms with van der Waals surface area (Å²) in [5.41, 5.74) is 6.46. The molecule has 0 spiro atoms. The fourth-order valence-electron chi connectivity index (χ4n) is 2.95. The van der Waals surface area contributed by atoms with Crippen molar-refractivity contribution in [1.82, 2.24) is 5.32 Å². The molecule has 21 heavy (non-hydrogen) atoms. The van der Waals surface area contributed by atoms with Crippen LogP contribution in [0.4, 0.5) is 5.69 Å². The van der Waals surface area contributed by atoms with Crippen LogP contribution in [0.15, 0.2) is 36.4 Å². The third-order valence-corrected chi connectivity index (χ3v) is 4.14. The normalized spacial score (nSPS) is 13.7. The molecule has 0 radical (unpaired) electrons. The van der Waals surface area contributed by atoms with Gasteiger partial charge in [-0.25, -0.2) is 0 Å². The van der Waals surface area contributed by atoms with Crippen molar-refractivity contribution >= 4 is 5.69 Å². The van der Waals surface area contributed by atoms with Crippen molar-refractivity contribution in [2.45, 2.75) is 13.0 Å². The van der Waals surface area contributed by atoms with Crippen LogP contribution >= 0.6 is 0 Å². The molecule has 2 aromatic carbocycles. The van der Waals surface area contributed by atoms with E-state index in [1.807, 2.05) is 0 Å². The minimum absolute atomic E-state index is 0.914. The zero-order chi connectivity index (χ0) is 14.8. The van der Waals surface area contributed by atoms with Crippen LogP contribution in [0.2, 0.25) is 0 Å². The largest absolute Gasteiger partial charge is 0.496 e. The third kappa shape index (κ3) is 2.61. The fraction of sp³-hybridized carbons (Fsp3) is 0.333. The predicted molar refractivity (Wildman–Crippen MR) is 88.2 cm³/mol. The molecule has 1 N–H and O–H groups in total. The van der Waals surface area contributed by atoms with E-state index in [0.29, 0.717) is 0 Å². The van der Waals surface area contributed by atoms with E-state index in [1.54, 1.807) is 7.11 Å². The highest BCUT2D eigenvalue weighted by Crippen LogP contribution is 2.37. The summed E-state index contributed by atoms with van der Waals surface area (Å²) in [7, 11) is 5.86. The lowest BCUT2D eigenvalue weighted by molar-refractivity contribution is 0.415. The summed E-state index contributed by atoms with van der Waals surface area (Å²) < 4.78 is 5.61. The van der Waals surface area contributed by atoms with Crippen LogP contribution in [0.1, 0.15) is 11.1 Å². The van der Waals surface area contributed by atoms with Crippen molar-refractivity contribution in [2.75, 3.05) is 32.6 Å². The Labute approximate surface area is 126 Å². The van der Waals surface area contributed by atoms with Gasteiger partial charge < -0.3 is 15.0 Å². The van der Waals surface area contributed by atoms with Gasteiger partial charge in [0.15, 0.2) is 0 Å². The number of hydrogen-bond acceptors (Lipinski definition) is 3. The van der Waals surface area contributed by atoms with Crippen LogP contribution in [-0.4, -0.2) is 27.7 Å². The van der Waals surface area contributed by atoms with Crippen molar-refractivity contribution in [2.24, 2.45) is 0 Å². The molecule has 0 aromatic heterocycles. The van der Waals surface area contributed by atoms with Gasteiger partial charge in [0.05, 0.1) is 7.11 Å². The van der Waals surface area contributed by atoms with Gasteiger partial charge >= 0.3 is 0 Å². The fourth-order valence-corrected chi connectivity index (χ4v) is 2.95. The van der Waals surface area contributed by atoms with Crippen LogP contribution in [0, 0.1) is 0 Å². The maximum absolute atomic E-state index is 5.61. The number of methoxy groups -OCH3 is 1. The first kappa shape index (κ1) is 14.0. The molecule has 0 aliphatic carbocycles. The van der Waals surface area contributed by atoms with Gasteiger partial charge in [-0.1, -0.05) is 18.2 Å². The van der Waals surface area contributed by atoms with Gasteiger partial charge in [0, 0.05) is 31.9 Å². The summed E-state index contributed by atoms with van der Waals surface area (Å²) in [4.78, 5) is 2.11. The average molecular weight is 282 g/mol. The molecular formula is C18H22N2O. The number of anilines is 1. The van der Waals surface area contributed by atoms with Crippen LogP contribution in [0.3, 0.4) is 0 Å². The third-order valence-electron chi connectivity index (χ3n) is 4.14. The average Bonchev–Trinajstić information content (AvgIpc) is 2.53. The Morgan fingerprint density at radius 2 is 1.81 bits per heavy atom. The van der Waals surface area contributed by atoms with Gasteiger partial charge in [0.1, 0.15) is 5.75 Å². The van der Waals surface area contributed by atoms with E-state index < -0.39 is 0 Å². The number of hydrogen-bond donors (Lipinski definition) is 1. The molecule has 1 heterocycles. The Kier molecular flexibility index (Phi) is 3.84. The predicted octanol–water partition coefficient (Wildman–Crippen LogP) is 3.07. The smallest absolute Gasteiger partial charge is 0.127 e. The highest BCUT2D eigenvalue weighted by molar-refractivity contribution is 5.76. The second-order valence-electron chi connectivity index (χ2n) is 5.65. The number of rotatable bonds is 3. The molecule has 0 fully saturated rings. The zero-order valence-corrected chi connectivity index (χ0v) is 12.9. The standard InChI is InChI=1S/C18H22N2O/c1-20(2)15-7-4-14(5-8-15)18-16-12-19-11-10-13(16)6-9-17(18)21-3/h4-9,19H,10-12H2,1-3H3. The molecule has 0 unspecified atom stereocenters. The van der Waals surface area contributed by atoms with Gasteiger partial charge in [-0.3, -0.25) is 0 Å². The highest BCUT2D eigenvalue weighted by Gasteiger charge is 2.18. The van der Waals surface area contributed by atoms with E-state index in [9.17, 15) is 0 Å². The number of ether oxygens (including phenoxy) is 1. The first-order chi connectivity index (χ1) is 10.2.